The van der Waals surface area contributed by atoms with E-state index in [1.807, 2.05) is 13.8 Å². The Kier molecular flexibility index (Phi) is 5.09. The summed E-state index contributed by atoms with van der Waals surface area (Å²) in [6.07, 6.45) is 4.35. The van der Waals surface area contributed by atoms with Crippen molar-refractivity contribution in [3.63, 3.8) is 0 Å². The molecule has 0 fully saturated rings. The predicted octanol–water partition coefficient (Wildman–Crippen LogP) is 1.99. The van der Waals surface area contributed by atoms with E-state index in [1.54, 1.807) is 24.1 Å². The average molecular weight is 167 g/mol. The third-order valence-corrected chi connectivity index (χ3v) is 1.68. The number of hydrogen-bond donors (Lipinski definition) is 0. The molecule has 0 saturated carbocycles. The van der Waals surface area contributed by atoms with Crippen LogP contribution in [0.2, 0.25) is 0 Å². The standard InChI is InChI=1S/C10H17NO/c1-5-8-11(4)10(12)9(6-2)7-3/h6-7H,2,5,8H2,1,3-4H3/b9-7+. The van der Waals surface area contributed by atoms with Crippen LogP contribution in [0.25, 0.3) is 0 Å². The van der Waals surface area contributed by atoms with Crippen molar-refractivity contribution in [1.82, 2.24) is 4.90 Å². The summed E-state index contributed by atoms with van der Waals surface area (Å²) < 4.78 is 0. The molecule has 2 heteroatoms. The fourth-order valence-electron chi connectivity index (χ4n) is 0.986. The van der Waals surface area contributed by atoms with Crippen molar-refractivity contribution in [2.24, 2.45) is 0 Å². The zero-order valence-corrected chi connectivity index (χ0v) is 8.13. The van der Waals surface area contributed by atoms with Gasteiger partial charge in [0.05, 0.1) is 0 Å². The van der Waals surface area contributed by atoms with Crippen LogP contribution >= 0.6 is 0 Å². The second-order valence-corrected chi connectivity index (χ2v) is 2.67. The van der Waals surface area contributed by atoms with Crippen molar-refractivity contribution >= 4 is 5.91 Å². The van der Waals surface area contributed by atoms with Crippen molar-refractivity contribution < 1.29 is 4.79 Å². The van der Waals surface area contributed by atoms with Crippen molar-refractivity contribution in [3.8, 4) is 0 Å². The molecule has 2 nitrogen and oxygen atoms in total. The molecule has 0 aromatic heterocycles. The molecular weight excluding hydrogens is 150 g/mol. The first-order valence-corrected chi connectivity index (χ1v) is 4.21. The van der Waals surface area contributed by atoms with Gasteiger partial charge >= 0.3 is 0 Å². The van der Waals surface area contributed by atoms with Crippen LogP contribution in [0, 0.1) is 0 Å². The minimum Gasteiger partial charge on any atom is -0.342 e. The quantitative estimate of drug-likeness (QED) is 0.463. The van der Waals surface area contributed by atoms with E-state index in [1.165, 1.54) is 0 Å². The number of carbonyl (C=O) groups is 1. The maximum Gasteiger partial charge on any atom is 0.253 e. The molecule has 0 spiro atoms. The van der Waals surface area contributed by atoms with Gasteiger partial charge in [0.1, 0.15) is 0 Å². The summed E-state index contributed by atoms with van der Waals surface area (Å²) in [7, 11) is 1.80. The lowest BCUT2D eigenvalue weighted by Gasteiger charge is -2.16. The molecule has 0 bridgehead atoms. The maximum absolute atomic E-state index is 11.5. The number of likely N-dealkylation sites (N-methyl/N-ethyl adjacent to an activating group) is 1. The number of hydrogen-bond acceptors (Lipinski definition) is 1. The Morgan fingerprint density at radius 1 is 1.58 bits per heavy atom. The summed E-state index contributed by atoms with van der Waals surface area (Å²) in [5, 5.41) is 0. The molecule has 0 aliphatic heterocycles. The minimum absolute atomic E-state index is 0.0503. The van der Waals surface area contributed by atoms with Gasteiger partial charge in [-0.1, -0.05) is 25.7 Å². The zero-order chi connectivity index (χ0) is 9.56. The summed E-state index contributed by atoms with van der Waals surface area (Å²) in [4.78, 5) is 13.2. The Morgan fingerprint density at radius 2 is 2.17 bits per heavy atom. The summed E-state index contributed by atoms with van der Waals surface area (Å²) in [5.74, 6) is 0.0503. The molecular formula is C10H17NO. The average Bonchev–Trinajstić information content (AvgIpc) is 2.07. The van der Waals surface area contributed by atoms with E-state index in [4.69, 9.17) is 0 Å². The first kappa shape index (κ1) is 11.0. The topological polar surface area (TPSA) is 20.3 Å². The molecule has 68 valence electrons. The van der Waals surface area contributed by atoms with Gasteiger partial charge in [-0.15, -0.1) is 0 Å². The zero-order valence-electron chi connectivity index (χ0n) is 8.13. The van der Waals surface area contributed by atoms with Gasteiger partial charge in [0.15, 0.2) is 0 Å². The highest BCUT2D eigenvalue weighted by molar-refractivity contribution is 5.95. The third kappa shape index (κ3) is 2.91. The molecule has 0 heterocycles. The van der Waals surface area contributed by atoms with Gasteiger partial charge in [-0.3, -0.25) is 4.79 Å². The van der Waals surface area contributed by atoms with Crippen LogP contribution in [-0.4, -0.2) is 24.4 Å². The first-order chi connectivity index (χ1) is 5.67. The van der Waals surface area contributed by atoms with Crippen LogP contribution in [0.5, 0.6) is 0 Å². The molecule has 0 saturated heterocycles. The van der Waals surface area contributed by atoms with E-state index in [2.05, 4.69) is 6.58 Å². The van der Waals surface area contributed by atoms with Crippen LogP contribution in [0.1, 0.15) is 20.3 Å². The van der Waals surface area contributed by atoms with Crippen LogP contribution < -0.4 is 0 Å². The van der Waals surface area contributed by atoms with E-state index in [9.17, 15) is 4.79 Å². The van der Waals surface area contributed by atoms with Crippen LogP contribution in [0.4, 0.5) is 0 Å². The molecule has 0 aliphatic carbocycles. The molecule has 1 amide bonds. The highest BCUT2D eigenvalue weighted by Gasteiger charge is 2.09. The van der Waals surface area contributed by atoms with E-state index in [0.29, 0.717) is 5.57 Å². The minimum atomic E-state index is 0.0503. The summed E-state index contributed by atoms with van der Waals surface area (Å²) in [5.41, 5.74) is 0.672. The molecule has 0 N–H and O–H groups in total. The highest BCUT2D eigenvalue weighted by atomic mass is 16.2. The Hall–Kier alpha value is -1.05. The third-order valence-electron chi connectivity index (χ3n) is 1.68. The SMILES string of the molecule is C=C/C(=C\C)C(=O)N(C)CCC. The number of nitrogens with zero attached hydrogens (tertiary/aromatic N) is 1. The maximum atomic E-state index is 11.5. The van der Waals surface area contributed by atoms with Gasteiger partial charge in [-0.25, -0.2) is 0 Å². The van der Waals surface area contributed by atoms with Crippen LogP contribution in [-0.2, 0) is 4.79 Å². The molecule has 0 aromatic rings. The molecule has 0 atom stereocenters. The molecule has 0 radical (unpaired) electrons. The van der Waals surface area contributed by atoms with Gasteiger partial charge < -0.3 is 4.90 Å². The summed E-state index contributed by atoms with van der Waals surface area (Å²) in [6.45, 7) is 8.27. The molecule has 0 rings (SSSR count). The number of rotatable bonds is 4. The van der Waals surface area contributed by atoms with E-state index in [0.717, 1.165) is 13.0 Å². The van der Waals surface area contributed by atoms with Gasteiger partial charge in [0, 0.05) is 19.2 Å². The number of allylic oxidation sites excluding steroid dienone is 1. The van der Waals surface area contributed by atoms with Gasteiger partial charge in [-0.05, 0) is 13.3 Å². The molecule has 0 unspecified atom stereocenters. The van der Waals surface area contributed by atoms with Crippen molar-refractivity contribution in [3.05, 3.63) is 24.3 Å². The molecule has 12 heavy (non-hydrogen) atoms. The van der Waals surface area contributed by atoms with Crippen LogP contribution in [0.3, 0.4) is 0 Å². The Balaban J connectivity index is 4.27. The van der Waals surface area contributed by atoms with Gasteiger partial charge in [-0.2, -0.15) is 0 Å². The summed E-state index contributed by atoms with van der Waals surface area (Å²) >= 11 is 0. The fraction of sp³-hybridized carbons (Fsp3) is 0.500. The Bertz CT molecular complexity index is 194. The smallest absolute Gasteiger partial charge is 0.253 e. The second-order valence-electron chi connectivity index (χ2n) is 2.67. The normalized spacial score (nSPS) is 11.1. The summed E-state index contributed by atoms with van der Waals surface area (Å²) in [6, 6.07) is 0. The van der Waals surface area contributed by atoms with Gasteiger partial charge in [0.25, 0.3) is 5.91 Å². The Morgan fingerprint density at radius 3 is 2.50 bits per heavy atom. The fourth-order valence-corrected chi connectivity index (χ4v) is 0.986. The van der Waals surface area contributed by atoms with Crippen molar-refractivity contribution in [2.75, 3.05) is 13.6 Å². The largest absolute Gasteiger partial charge is 0.342 e. The predicted molar refractivity (Wildman–Crippen MR) is 51.9 cm³/mol. The lowest BCUT2D eigenvalue weighted by molar-refractivity contribution is -0.125. The highest BCUT2D eigenvalue weighted by Crippen LogP contribution is 2.01. The van der Waals surface area contributed by atoms with E-state index in [-0.39, 0.29) is 5.91 Å². The number of carbonyl (C=O) groups excluding carboxylic acids is 1. The lowest BCUT2D eigenvalue weighted by atomic mass is 10.2. The van der Waals surface area contributed by atoms with E-state index < -0.39 is 0 Å². The van der Waals surface area contributed by atoms with Crippen molar-refractivity contribution in [2.45, 2.75) is 20.3 Å². The van der Waals surface area contributed by atoms with E-state index >= 15 is 0 Å². The first-order valence-electron chi connectivity index (χ1n) is 4.21. The monoisotopic (exact) mass is 167 g/mol. The Labute approximate surface area is 74.6 Å². The molecule has 0 aromatic carbocycles. The second kappa shape index (κ2) is 5.58. The molecule has 0 aliphatic rings. The number of amides is 1. The van der Waals surface area contributed by atoms with Gasteiger partial charge in [0.2, 0.25) is 0 Å². The van der Waals surface area contributed by atoms with Crippen LogP contribution in [0.15, 0.2) is 24.3 Å². The lowest BCUT2D eigenvalue weighted by Crippen LogP contribution is -2.28. The van der Waals surface area contributed by atoms with Crippen molar-refractivity contribution in [1.29, 1.82) is 0 Å².